The van der Waals surface area contributed by atoms with Gasteiger partial charge in [0.15, 0.2) is 11.6 Å². The Labute approximate surface area is 128 Å². The highest BCUT2D eigenvalue weighted by molar-refractivity contribution is 9.10. The SMILES string of the molecule is CC(C)CNCCCC(C)Oc1cc(Br)cc(F)c1F. The summed E-state index contributed by atoms with van der Waals surface area (Å²) < 4.78 is 32.7. The third-order valence-corrected chi connectivity index (χ3v) is 3.26. The number of hydrogen-bond acceptors (Lipinski definition) is 2. The first-order valence-corrected chi connectivity index (χ1v) is 7.71. The first-order valence-electron chi connectivity index (χ1n) is 6.92. The van der Waals surface area contributed by atoms with E-state index in [0.29, 0.717) is 10.4 Å². The predicted molar refractivity (Wildman–Crippen MR) is 81.1 cm³/mol. The third kappa shape index (κ3) is 6.18. The van der Waals surface area contributed by atoms with Crippen molar-refractivity contribution in [3.8, 4) is 5.75 Å². The number of benzene rings is 1. The maximum atomic E-state index is 13.5. The highest BCUT2D eigenvalue weighted by Crippen LogP contribution is 2.26. The van der Waals surface area contributed by atoms with Crippen LogP contribution in [0.2, 0.25) is 0 Å². The van der Waals surface area contributed by atoms with Gasteiger partial charge in [0.2, 0.25) is 5.82 Å². The van der Waals surface area contributed by atoms with E-state index in [0.717, 1.165) is 32.0 Å². The van der Waals surface area contributed by atoms with Crippen molar-refractivity contribution in [2.75, 3.05) is 13.1 Å². The molecule has 0 heterocycles. The average Bonchev–Trinajstić information content (AvgIpc) is 2.34. The molecule has 0 aromatic heterocycles. The molecule has 20 heavy (non-hydrogen) atoms. The molecule has 0 aliphatic rings. The van der Waals surface area contributed by atoms with Crippen LogP contribution in [0.4, 0.5) is 8.78 Å². The fraction of sp³-hybridized carbons (Fsp3) is 0.600. The standard InChI is InChI=1S/C15H22BrF2NO/c1-10(2)9-19-6-4-5-11(3)20-14-8-12(16)7-13(17)15(14)18/h7-8,10-11,19H,4-6,9H2,1-3H3. The fourth-order valence-corrected chi connectivity index (χ4v) is 2.21. The maximum Gasteiger partial charge on any atom is 0.200 e. The van der Waals surface area contributed by atoms with Crippen molar-refractivity contribution in [3.63, 3.8) is 0 Å². The highest BCUT2D eigenvalue weighted by Gasteiger charge is 2.14. The fourth-order valence-electron chi connectivity index (χ4n) is 1.80. The molecule has 0 aliphatic heterocycles. The van der Waals surface area contributed by atoms with E-state index in [4.69, 9.17) is 4.74 Å². The van der Waals surface area contributed by atoms with Gasteiger partial charge in [0.05, 0.1) is 6.10 Å². The lowest BCUT2D eigenvalue weighted by molar-refractivity contribution is 0.196. The maximum absolute atomic E-state index is 13.5. The van der Waals surface area contributed by atoms with Crippen LogP contribution in [0.1, 0.15) is 33.6 Å². The molecule has 0 fully saturated rings. The smallest absolute Gasteiger partial charge is 0.200 e. The van der Waals surface area contributed by atoms with Crippen molar-refractivity contribution >= 4 is 15.9 Å². The van der Waals surface area contributed by atoms with E-state index in [1.165, 1.54) is 6.07 Å². The topological polar surface area (TPSA) is 21.3 Å². The van der Waals surface area contributed by atoms with Crippen molar-refractivity contribution in [3.05, 3.63) is 28.2 Å². The van der Waals surface area contributed by atoms with E-state index in [9.17, 15) is 8.78 Å². The molecule has 0 spiro atoms. The summed E-state index contributed by atoms with van der Waals surface area (Å²) in [6.07, 6.45) is 1.57. The summed E-state index contributed by atoms with van der Waals surface area (Å²) in [5.41, 5.74) is 0. The first-order chi connectivity index (χ1) is 9.40. The molecule has 5 heteroatoms. The van der Waals surface area contributed by atoms with Gasteiger partial charge in [0, 0.05) is 4.47 Å². The number of ether oxygens (including phenoxy) is 1. The molecular weight excluding hydrogens is 328 g/mol. The van der Waals surface area contributed by atoms with Crippen LogP contribution in [0.3, 0.4) is 0 Å². The Morgan fingerprint density at radius 1 is 1.25 bits per heavy atom. The zero-order valence-electron chi connectivity index (χ0n) is 12.2. The van der Waals surface area contributed by atoms with Crippen molar-refractivity contribution < 1.29 is 13.5 Å². The predicted octanol–water partition coefficient (Wildman–Crippen LogP) is 4.52. The van der Waals surface area contributed by atoms with Gasteiger partial charge in [-0.1, -0.05) is 29.8 Å². The molecule has 0 bridgehead atoms. The molecule has 0 aliphatic carbocycles. The van der Waals surface area contributed by atoms with E-state index in [2.05, 4.69) is 35.1 Å². The summed E-state index contributed by atoms with van der Waals surface area (Å²) in [6.45, 7) is 8.06. The molecule has 0 amide bonds. The second-order valence-corrected chi connectivity index (χ2v) is 6.28. The Kier molecular flexibility index (Phi) is 7.45. The molecule has 1 aromatic rings. The largest absolute Gasteiger partial charge is 0.487 e. The minimum atomic E-state index is -0.932. The lowest BCUT2D eigenvalue weighted by Gasteiger charge is -2.16. The number of halogens is 3. The lowest BCUT2D eigenvalue weighted by Crippen LogP contribution is -2.22. The van der Waals surface area contributed by atoms with Crippen LogP contribution in [0.25, 0.3) is 0 Å². The molecule has 114 valence electrons. The molecule has 1 N–H and O–H groups in total. The van der Waals surface area contributed by atoms with Crippen LogP contribution >= 0.6 is 15.9 Å². The minimum Gasteiger partial charge on any atom is -0.487 e. The molecule has 1 aromatic carbocycles. The van der Waals surface area contributed by atoms with E-state index in [1.54, 1.807) is 0 Å². The van der Waals surface area contributed by atoms with Crippen molar-refractivity contribution in [1.82, 2.24) is 5.32 Å². The van der Waals surface area contributed by atoms with Gasteiger partial charge in [-0.05, 0) is 50.9 Å². The summed E-state index contributed by atoms with van der Waals surface area (Å²) in [5, 5.41) is 3.34. The van der Waals surface area contributed by atoms with Crippen LogP contribution in [0.15, 0.2) is 16.6 Å². The van der Waals surface area contributed by atoms with Gasteiger partial charge >= 0.3 is 0 Å². The van der Waals surface area contributed by atoms with Crippen LogP contribution < -0.4 is 10.1 Å². The van der Waals surface area contributed by atoms with Crippen LogP contribution in [0, 0.1) is 17.6 Å². The van der Waals surface area contributed by atoms with E-state index in [1.807, 2.05) is 6.92 Å². The average molecular weight is 350 g/mol. The Balaban J connectivity index is 2.37. The highest BCUT2D eigenvalue weighted by atomic mass is 79.9. The van der Waals surface area contributed by atoms with Crippen LogP contribution in [-0.4, -0.2) is 19.2 Å². The summed E-state index contributed by atoms with van der Waals surface area (Å²) in [6, 6.07) is 2.54. The normalized spacial score (nSPS) is 12.8. The van der Waals surface area contributed by atoms with E-state index >= 15 is 0 Å². The van der Waals surface area contributed by atoms with E-state index < -0.39 is 11.6 Å². The lowest BCUT2D eigenvalue weighted by atomic mass is 10.2. The van der Waals surface area contributed by atoms with Gasteiger partial charge in [-0.25, -0.2) is 4.39 Å². The Morgan fingerprint density at radius 3 is 2.60 bits per heavy atom. The van der Waals surface area contributed by atoms with Gasteiger partial charge in [0.1, 0.15) is 0 Å². The number of rotatable bonds is 8. The van der Waals surface area contributed by atoms with Crippen LogP contribution in [-0.2, 0) is 0 Å². The summed E-state index contributed by atoms with van der Waals surface area (Å²) in [4.78, 5) is 0. The molecule has 0 saturated carbocycles. The third-order valence-electron chi connectivity index (χ3n) is 2.80. The van der Waals surface area contributed by atoms with Gasteiger partial charge in [0.25, 0.3) is 0 Å². The molecule has 2 nitrogen and oxygen atoms in total. The number of hydrogen-bond donors (Lipinski definition) is 1. The minimum absolute atomic E-state index is 0.0421. The Hall–Kier alpha value is -0.680. The van der Waals surface area contributed by atoms with Gasteiger partial charge in [-0.3, -0.25) is 0 Å². The van der Waals surface area contributed by atoms with Crippen molar-refractivity contribution in [2.24, 2.45) is 5.92 Å². The quantitative estimate of drug-likeness (QED) is 0.550. The molecule has 1 rings (SSSR count). The second kappa shape index (κ2) is 8.57. The van der Waals surface area contributed by atoms with Crippen molar-refractivity contribution in [2.45, 2.75) is 39.7 Å². The number of nitrogens with one attached hydrogen (secondary N) is 1. The summed E-state index contributed by atoms with van der Waals surface area (Å²) >= 11 is 3.13. The molecular formula is C15H22BrF2NO. The van der Waals surface area contributed by atoms with Crippen LogP contribution in [0.5, 0.6) is 5.75 Å². The van der Waals surface area contributed by atoms with Gasteiger partial charge in [-0.2, -0.15) is 4.39 Å². The zero-order valence-corrected chi connectivity index (χ0v) is 13.8. The Bertz CT molecular complexity index is 427. The van der Waals surface area contributed by atoms with E-state index in [-0.39, 0.29) is 11.9 Å². The molecule has 1 atom stereocenters. The van der Waals surface area contributed by atoms with Gasteiger partial charge in [-0.15, -0.1) is 0 Å². The molecule has 1 unspecified atom stereocenters. The monoisotopic (exact) mass is 349 g/mol. The molecule has 0 radical (unpaired) electrons. The summed E-state index contributed by atoms with van der Waals surface area (Å²) in [5.74, 6) is -1.25. The Morgan fingerprint density at radius 2 is 1.95 bits per heavy atom. The molecule has 0 saturated heterocycles. The summed E-state index contributed by atoms with van der Waals surface area (Å²) in [7, 11) is 0. The van der Waals surface area contributed by atoms with Gasteiger partial charge < -0.3 is 10.1 Å². The first kappa shape index (κ1) is 17.4. The van der Waals surface area contributed by atoms with Crippen molar-refractivity contribution in [1.29, 1.82) is 0 Å². The zero-order chi connectivity index (χ0) is 15.1. The second-order valence-electron chi connectivity index (χ2n) is 5.37.